The van der Waals surface area contributed by atoms with E-state index in [0.717, 1.165) is 23.7 Å². The topological polar surface area (TPSA) is 75.9 Å². The molecular formula is C8H15N5S. The first-order valence-corrected chi connectivity index (χ1v) is 5.70. The predicted molar refractivity (Wildman–Crippen MR) is 61.5 cm³/mol. The maximum atomic E-state index is 5.30. The summed E-state index contributed by atoms with van der Waals surface area (Å²) in [5.74, 6) is 7.85. The highest BCUT2D eigenvalue weighted by atomic mass is 32.2. The van der Waals surface area contributed by atoms with Gasteiger partial charge in [-0.05, 0) is 13.2 Å². The molecule has 0 aliphatic carbocycles. The summed E-state index contributed by atoms with van der Waals surface area (Å²) in [7, 11) is 0. The molecule has 6 heteroatoms. The third kappa shape index (κ3) is 2.74. The van der Waals surface area contributed by atoms with Crippen LogP contribution in [0.15, 0.2) is 6.33 Å². The second-order valence-corrected chi connectivity index (χ2v) is 3.75. The predicted octanol–water partition coefficient (Wildman–Crippen LogP) is 0.846. The molecule has 1 heterocycles. The summed E-state index contributed by atoms with van der Waals surface area (Å²) in [5, 5.41) is 3.22. The van der Waals surface area contributed by atoms with E-state index in [0.29, 0.717) is 5.82 Å². The Morgan fingerprint density at radius 1 is 1.43 bits per heavy atom. The van der Waals surface area contributed by atoms with Crippen molar-refractivity contribution in [3.8, 4) is 0 Å². The first-order chi connectivity index (χ1) is 6.79. The smallest absolute Gasteiger partial charge is 0.148 e. The van der Waals surface area contributed by atoms with Crippen LogP contribution >= 0.6 is 11.8 Å². The molecule has 0 aromatic carbocycles. The molecule has 0 radical (unpaired) electrons. The van der Waals surface area contributed by atoms with Crippen molar-refractivity contribution in [3.05, 3.63) is 11.9 Å². The number of rotatable bonds is 5. The van der Waals surface area contributed by atoms with Gasteiger partial charge < -0.3 is 10.7 Å². The number of nitrogen functional groups attached to an aromatic ring is 1. The highest BCUT2D eigenvalue weighted by molar-refractivity contribution is 7.98. The summed E-state index contributed by atoms with van der Waals surface area (Å²) >= 11 is 1.79. The standard InChI is InChI=1S/C8H15N5S/c1-6-7(10-3-4-14-2)11-5-12-8(6)13-9/h5H,3-4,9H2,1-2H3,(H2,10,11,12,13). The summed E-state index contributed by atoms with van der Waals surface area (Å²) < 4.78 is 0. The Labute approximate surface area is 87.9 Å². The van der Waals surface area contributed by atoms with Gasteiger partial charge in [0.25, 0.3) is 0 Å². The summed E-state index contributed by atoms with van der Waals surface area (Å²) in [6.45, 7) is 2.82. The van der Waals surface area contributed by atoms with Crippen LogP contribution in [0.2, 0.25) is 0 Å². The second kappa shape index (κ2) is 5.66. The number of hydrogen-bond donors (Lipinski definition) is 3. The van der Waals surface area contributed by atoms with Crippen LogP contribution in [0.3, 0.4) is 0 Å². The fraction of sp³-hybridized carbons (Fsp3) is 0.500. The third-order valence-electron chi connectivity index (χ3n) is 1.82. The van der Waals surface area contributed by atoms with Crippen LogP contribution in [0, 0.1) is 6.92 Å². The highest BCUT2D eigenvalue weighted by Gasteiger charge is 2.04. The van der Waals surface area contributed by atoms with Crippen molar-refractivity contribution in [3.63, 3.8) is 0 Å². The van der Waals surface area contributed by atoms with Crippen LogP contribution < -0.4 is 16.6 Å². The molecule has 0 aliphatic heterocycles. The number of hydrogen-bond acceptors (Lipinski definition) is 6. The first-order valence-electron chi connectivity index (χ1n) is 4.30. The van der Waals surface area contributed by atoms with Crippen molar-refractivity contribution in [1.82, 2.24) is 9.97 Å². The van der Waals surface area contributed by atoms with Gasteiger partial charge in [-0.3, -0.25) is 0 Å². The Hall–Kier alpha value is -1.01. The van der Waals surface area contributed by atoms with Gasteiger partial charge in [-0.2, -0.15) is 11.8 Å². The molecule has 5 nitrogen and oxygen atoms in total. The van der Waals surface area contributed by atoms with E-state index in [2.05, 4.69) is 27.0 Å². The molecule has 1 rings (SSSR count). The highest BCUT2D eigenvalue weighted by Crippen LogP contribution is 2.16. The van der Waals surface area contributed by atoms with Crippen LogP contribution in [-0.2, 0) is 0 Å². The van der Waals surface area contributed by atoms with Crippen LogP contribution in [0.25, 0.3) is 0 Å². The number of nitrogens with zero attached hydrogens (tertiary/aromatic N) is 2. The maximum Gasteiger partial charge on any atom is 0.148 e. The van der Waals surface area contributed by atoms with E-state index in [9.17, 15) is 0 Å². The van der Waals surface area contributed by atoms with E-state index < -0.39 is 0 Å². The first kappa shape index (κ1) is 11.1. The Kier molecular flexibility index (Phi) is 4.48. The molecule has 78 valence electrons. The zero-order valence-electron chi connectivity index (χ0n) is 8.37. The molecule has 0 saturated carbocycles. The molecular weight excluding hydrogens is 198 g/mol. The SMILES string of the molecule is CSCCNc1ncnc(NN)c1C. The summed E-state index contributed by atoms with van der Waals surface area (Å²) in [4.78, 5) is 8.12. The van der Waals surface area contributed by atoms with Gasteiger partial charge in [0.05, 0.1) is 0 Å². The minimum absolute atomic E-state index is 0.659. The molecule has 0 fully saturated rings. The van der Waals surface area contributed by atoms with Crippen LogP contribution in [0.1, 0.15) is 5.56 Å². The fourth-order valence-corrected chi connectivity index (χ4v) is 1.35. The number of nitrogens with two attached hydrogens (primary N) is 1. The van der Waals surface area contributed by atoms with Crippen LogP contribution in [0.4, 0.5) is 11.6 Å². The lowest BCUT2D eigenvalue weighted by Gasteiger charge is -2.09. The van der Waals surface area contributed by atoms with Gasteiger partial charge in [0.1, 0.15) is 18.0 Å². The van der Waals surface area contributed by atoms with E-state index in [1.54, 1.807) is 11.8 Å². The van der Waals surface area contributed by atoms with Crippen molar-refractivity contribution in [2.75, 3.05) is 29.3 Å². The van der Waals surface area contributed by atoms with Crippen molar-refractivity contribution in [2.45, 2.75) is 6.92 Å². The van der Waals surface area contributed by atoms with E-state index in [4.69, 9.17) is 5.84 Å². The molecule has 0 spiro atoms. The zero-order chi connectivity index (χ0) is 10.4. The van der Waals surface area contributed by atoms with Crippen molar-refractivity contribution in [1.29, 1.82) is 0 Å². The molecule has 0 atom stereocenters. The number of aromatic nitrogens is 2. The number of hydrazine groups is 1. The zero-order valence-corrected chi connectivity index (χ0v) is 9.19. The summed E-state index contributed by atoms with van der Waals surface area (Å²) in [6.07, 6.45) is 3.56. The van der Waals surface area contributed by atoms with E-state index in [1.165, 1.54) is 6.33 Å². The van der Waals surface area contributed by atoms with Crippen molar-refractivity contribution < 1.29 is 0 Å². The summed E-state index contributed by atoms with van der Waals surface area (Å²) in [6, 6.07) is 0. The lowest BCUT2D eigenvalue weighted by atomic mass is 10.3. The lowest BCUT2D eigenvalue weighted by molar-refractivity contribution is 1.07. The van der Waals surface area contributed by atoms with Gasteiger partial charge in [-0.25, -0.2) is 15.8 Å². The Bertz CT molecular complexity index is 291. The van der Waals surface area contributed by atoms with Crippen molar-refractivity contribution in [2.24, 2.45) is 5.84 Å². The van der Waals surface area contributed by atoms with E-state index in [1.807, 2.05) is 6.92 Å². The maximum absolute atomic E-state index is 5.30. The van der Waals surface area contributed by atoms with Crippen molar-refractivity contribution >= 4 is 23.4 Å². The molecule has 4 N–H and O–H groups in total. The number of anilines is 2. The third-order valence-corrected chi connectivity index (χ3v) is 2.43. The van der Waals surface area contributed by atoms with Gasteiger partial charge in [0.2, 0.25) is 0 Å². The average Bonchev–Trinajstić information content (AvgIpc) is 2.21. The Morgan fingerprint density at radius 3 is 2.79 bits per heavy atom. The molecule has 1 aromatic heterocycles. The fourth-order valence-electron chi connectivity index (χ4n) is 1.05. The average molecular weight is 213 g/mol. The Balaban J connectivity index is 2.66. The minimum Gasteiger partial charge on any atom is -0.369 e. The van der Waals surface area contributed by atoms with Gasteiger partial charge in [-0.15, -0.1) is 0 Å². The monoisotopic (exact) mass is 213 g/mol. The van der Waals surface area contributed by atoms with Gasteiger partial charge in [0, 0.05) is 17.9 Å². The van der Waals surface area contributed by atoms with Crippen LogP contribution in [0.5, 0.6) is 0 Å². The molecule has 0 aliphatic rings. The van der Waals surface area contributed by atoms with E-state index >= 15 is 0 Å². The molecule has 0 unspecified atom stereocenters. The normalized spacial score (nSPS) is 9.93. The van der Waals surface area contributed by atoms with Gasteiger partial charge in [-0.1, -0.05) is 0 Å². The molecule has 0 amide bonds. The number of nitrogens with one attached hydrogen (secondary N) is 2. The van der Waals surface area contributed by atoms with Gasteiger partial charge >= 0.3 is 0 Å². The molecule has 0 bridgehead atoms. The molecule has 1 aromatic rings. The minimum atomic E-state index is 0.659. The van der Waals surface area contributed by atoms with Crippen LogP contribution in [-0.4, -0.2) is 28.5 Å². The largest absolute Gasteiger partial charge is 0.369 e. The number of thioether (sulfide) groups is 1. The second-order valence-electron chi connectivity index (χ2n) is 2.76. The molecule has 14 heavy (non-hydrogen) atoms. The van der Waals surface area contributed by atoms with E-state index in [-0.39, 0.29) is 0 Å². The summed E-state index contributed by atoms with van der Waals surface area (Å²) in [5.41, 5.74) is 3.47. The van der Waals surface area contributed by atoms with Gasteiger partial charge in [0.15, 0.2) is 0 Å². The molecule has 0 saturated heterocycles. The Morgan fingerprint density at radius 2 is 2.14 bits per heavy atom. The lowest BCUT2D eigenvalue weighted by Crippen LogP contribution is -2.13. The quantitative estimate of drug-likeness (QED) is 0.382.